The van der Waals surface area contributed by atoms with Crippen molar-refractivity contribution in [3.8, 4) is 5.75 Å². The Kier molecular flexibility index (Phi) is 3.91. The van der Waals surface area contributed by atoms with Crippen molar-refractivity contribution in [2.75, 3.05) is 39.3 Å². The number of nitrogens with zero attached hydrogens (tertiary/aromatic N) is 1. The van der Waals surface area contributed by atoms with E-state index in [4.69, 9.17) is 16.3 Å². The van der Waals surface area contributed by atoms with Crippen LogP contribution in [0.4, 0.5) is 4.39 Å². The van der Waals surface area contributed by atoms with Gasteiger partial charge in [-0.25, -0.2) is 4.39 Å². The van der Waals surface area contributed by atoms with Gasteiger partial charge < -0.3 is 10.1 Å². The van der Waals surface area contributed by atoms with Crippen molar-refractivity contribution in [2.45, 2.75) is 0 Å². The maximum absolute atomic E-state index is 12.9. The zero-order chi connectivity index (χ0) is 13.2. The summed E-state index contributed by atoms with van der Waals surface area (Å²) in [4.78, 5) is 2.44. The SMILES string of the molecule is Fc1ccc(OCCN2C[C@H]3CNC[C@H]3C2)c(Cl)c1. The standard InChI is InChI=1S/C14H18ClFN2O/c15-13-5-12(16)1-2-14(13)19-4-3-18-8-10-6-17-7-11(10)9-18/h1-2,5,10-11,17H,3-4,6-9H2/t10-,11+. The monoisotopic (exact) mass is 284 g/mol. The number of halogens is 2. The lowest BCUT2D eigenvalue weighted by atomic mass is 10.0. The molecular weight excluding hydrogens is 267 g/mol. The summed E-state index contributed by atoms with van der Waals surface area (Å²) in [6, 6.07) is 4.23. The van der Waals surface area contributed by atoms with E-state index in [1.54, 1.807) is 6.07 Å². The van der Waals surface area contributed by atoms with Gasteiger partial charge in [-0.2, -0.15) is 0 Å². The molecule has 0 amide bonds. The fourth-order valence-corrected chi connectivity index (χ4v) is 3.23. The summed E-state index contributed by atoms with van der Waals surface area (Å²) >= 11 is 5.92. The number of rotatable bonds is 4. The van der Waals surface area contributed by atoms with Crippen LogP contribution in [0.25, 0.3) is 0 Å². The van der Waals surface area contributed by atoms with Crippen LogP contribution in [0.1, 0.15) is 0 Å². The molecule has 0 aromatic heterocycles. The Bertz CT molecular complexity index is 445. The summed E-state index contributed by atoms with van der Waals surface area (Å²) in [5.41, 5.74) is 0. The van der Waals surface area contributed by atoms with Gasteiger partial charge >= 0.3 is 0 Å². The van der Waals surface area contributed by atoms with E-state index in [0.717, 1.165) is 44.6 Å². The maximum atomic E-state index is 12.9. The molecule has 2 aliphatic heterocycles. The molecule has 2 aliphatic rings. The molecule has 2 fully saturated rings. The number of hydrogen-bond donors (Lipinski definition) is 1. The summed E-state index contributed by atoms with van der Waals surface area (Å²) in [6.07, 6.45) is 0. The highest BCUT2D eigenvalue weighted by Gasteiger charge is 2.35. The van der Waals surface area contributed by atoms with E-state index >= 15 is 0 Å². The third-order valence-electron chi connectivity index (χ3n) is 4.02. The average molecular weight is 285 g/mol. The topological polar surface area (TPSA) is 24.5 Å². The van der Waals surface area contributed by atoms with E-state index in [-0.39, 0.29) is 5.82 Å². The molecule has 0 radical (unpaired) electrons. The minimum absolute atomic E-state index is 0.336. The Labute approximate surface area is 117 Å². The van der Waals surface area contributed by atoms with Crippen LogP contribution < -0.4 is 10.1 Å². The molecular formula is C14H18ClFN2O. The Balaban J connectivity index is 1.46. The van der Waals surface area contributed by atoms with E-state index in [2.05, 4.69) is 10.2 Å². The molecule has 5 heteroatoms. The summed E-state index contributed by atoms with van der Waals surface area (Å²) < 4.78 is 18.5. The molecule has 2 heterocycles. The van der Waals surface area contributed by atoms with Gasteiger partial charge in [0.05, 0.1) is 5.02 Å². The fourth-order valence-electron chi connectivity index (χ4n) is 3.01. The molecule has 0 saturated carbocycles. The number of likely N-dealkylation sites (tertiary alicyclic amines) is 1. The van der Waals surface area contributed by atoms with Crippen molar-refractivity contribution in [3.05, 3.63) is 29.0 Å². The van der Waals surface area contributed by atoms with E-state index in [9.17, 15) is 4.39 Å². The first-order valence-corrected chi connectivity index (χ1v) is 7.11. The second-order valence-corrected chi connectivity index (χ2v) is 5.77. The van der Waals surface area contributed by atoms with E-state index in [0.29, 0.717) is 17.4 Å². The molecule has 0 unspecified atom stereocenters. The number of hydrogen-bond acceptors (Lipinski definition) is 3. The zero-order valence-electron chi connectivity index (χ0n) is 10.7. The van der Waals surface area contributed by atoms with Gasteiger partial charge in [-0.3, -0.25) is 4.90 Å². The number of nitrogens with one attached hydrogen (secondary N) is 1. The molecule has 2 atom stereocenters. The van der Waals surface area contributed by atoms with Crippen LogP contribution in [0, 0.1) is 17.7 Å². The van der Waals surface area contributed by atoms with Crippen molar-refractivity contribution >= 4 is 11.6 Å². The molecule has 0 aliphatic carbocycles. The first-order valence-electron chi connectivity index (χ1n) is 6.73. The molecule has 2 saturated heterocycles. The summed E-state index contributed by atoms with van der Waals surface area (Å²) in [5, 5.41) is 3.76. The number of fused-ring (bicyclic) bond motifs is 1. The number of ether oxygens (including phenoxy) is 1. The fraction of sp³-hybridized carbons (Fsp3) is 0.571. The second-order valence-electron chi connectivity index (χ2n) is 5.36. The molecule has 1 aromatic rings. The quantitative estimate of drug-likeness (QED) is 0.915. The molecule has 0 spiro atoms. The van der Waals surface area contributed by atoms with Gasteiger partial charge in [0.2, 0.25) is 0 Å². The Hall–Kier alpha value is -0.840. The van der Waals surface area contributed by atoms with Crippen LogP contribution in [0.2, 0.25) is 5.02 Å². The summed E-state index contributed by atoms with van der Waals surface area (Å²) in [7, 11) is 0. The van der Waals surface area contributed by atoms with Crippen molar-refractivity contribution in [1.82, 2.24) is 10.2 Å². The second kappa shape index (κ2) is 5.65. The van der Waals surface area contributed by atoms with Crippen LogP contribution in [0.5, 0.6) is 5.75 Å². The van der Waals surface area contributed by atoms with E-state index < -0.39 is 0 Å². The van der Waals surface area contributed by atoms with Gasteiger partial charge in [-0.15, -0.1) is 0 Å². The van der Waals surface area contributed by atoms with E-state index in [1.165, 1.54) is 12.1 Å². The highest BCUT2D eigenvalue weighted by atomic mass is 35.5. The van der Waals surface area contributed by atoms with Gasteiger partial charge in [0.25, 0.3) is 0 Å². The predicted octanol–water partition coefficient (Wildman–Crippen LogP) is 2.01. The first kappa shape index (κ1) is 13.2. The Morgan fingerprint density at radius 1 is 1.32 bits per heavy atom. The first-order chi connectivity index (χ1) is 9.22. The lowest BCUT2D eigenvalue weighted by molar-refractivity contribution is 0.228. The molecule has 1 N–H and O–H groups in total. The average Bonchev–Trinajstić information content (AvgIpc) is 2.92. The zero-order valence-corrected chi connectivity index (χ0v) is 11.5. The third kappa shape index (κ3) is 3.02. The highest BCUT2D eigenvalue weighted by molar-refractivity contribution is 6.32. The molecule has 104 valence electrons. The Morgan fingerprint density at radius 3 is 2.74 bits per heavy atom. The normalized spacial score (nSPS) is 26.6. The van der Waals surface area contributed by atoms with Crippen LogP contribution in [0.15, 0.2) is 18.2 Å². The van der Waals surface area contributed by atoms with Gasteiger partial charge in [0, 0.05) is 19.6 Å². The molecule has 3 rings (SSSR count). The lowest BCUT2D eigenvalue weighted by Gasteiger charge is -2.17. The van der Waals surface area contributed by atoms with E-state index in [1.807, 2.05) is 0 Å². The van der Waals surface area contributed by atoms with Gasteiger partial charge in [-0.05, 0) is 43.1 Å². The van der Waals surface area contributed by atoms with Gasteiger partial charge in [0.1, 0.15) is 18.2 Å². The van der Waals surface area contributed by atoms with Crippen LogP contribution in [-0.2, 0) is 0 Å². The van der Waals surface area contributed by atoms with Gasteiger partial charge in [-0.1, -0.05) is 11.6 Å². The maximum Gasteiger partial charge on any atom is 0.138 e. The predicted molar refractivity (Wildman–Crippen MR) is 73.2 cm³/mol. The van der Waals surface area contributed by atoms with Crippen LogP contribution >= 0.6 is 11.6 Å². The van der Waals surface area contributed by atoms with Crippen LogP contribution in [-0.4, -0.2) is 44.2 Å². The number of benzene rings is 1. The third-order valence-corrected chi connectivity index (χ3v) is 4.32. The molecule has 1 aromatic carbocycles. The largest absolute Gasteiger partial charge is 0.491 e. The van der Waals surface area contributed by atoms with Crippen molar-refractivity contribution in [3.63, 3.8) is 0 Å². The summed E-state index contributed by atoms with van der Waals surface area (Å²) in [5.74, 6) is 1.82. The van der Waals surface area contributed by atoms with Gasteiger partial charge in [0.15, 0.2) is 0 Å². The molecule has 19 heavy (non-hydrogen) atoms. The minimum atomic E-state index is -0.336. The molecule has 0 bridgehead atoms. The smallest absolute Gasteiger partial charge is 0.138 e. The van der Waals surface area contributed by atoms with Crippen molar-refractivity contribution in [1.29, 1.82) is 0 Å². The van der Waals surface area contributed by atoms with Crippen LogP contribution in [0.3, 0.4) is 0 Å². The Morgan fingerprint density at radius 2 is 2.05 bits per heavy atom. The highest BCUT2D eigenvalue weighted by Crippen LogP contribution is 2.27. The van der Waals surface area contributed by atoms with Crippen molar-refractivity contribution < 1.29 is 9.13 Å². The minimum Gasteiger partial charge on any atom is -0.491 e. The van der Waals surface area contributed by atoms with Crippen molar-refractivity contribution in [2.24, 2.45) is 11.8 Å². The lowest BCUT2D eigenvalue weighted by Crippen LogP contribution is -2.29. The summed E-state index contributed by atoms with van der Waals surface area (Å²) in [6.45, 7) is 6.09. The molecule has 3 nitrogen and oxygen atoms in total.